The molecule has 0 aromatic heterocycles. The van der Waals surface area contributed by atoms with Crippen LogP contribution in [0.3, 0.4) is 0 Å². The first kappa shape index (κ1) is 35.8. The maximum atomic E-state index is 6.40. The molecule has 0 bridgehead atoms. The molecule has 0 spiro atoms. The summed E-state index contributed by atoms with van der Waals surface area (Å²) in [6.45, 7) is 6.71. The molecule has 218 valence electrons. The molecule has 0 rings (SSSR count). The molecule has 6 nitrogen and oxygen atoms in total. The second-order valence-corrected chi connectivity index (χ2v) is 11.1. The van der Waals surface area contributed by atoms with Gasteiger partial charge in [0.25, 0.3) is 5.97 Å². The van der Waals surface area contributed by atoms with Crippen LogP contribution in [0.2, 0.25) is 0 Å². The lowest BCUT2D eigenvalue weighted by Gasteiger charge is -2.49. The third-order valence-corrected chi connectivity index (χ3v) is 8.78. The van der Waals surface area contributed by atoms with E-state index in [1.807, 2.05) is 0 Å². The lowest BCUT2D eigenvalue weighted by Crippen LogP contribution is -2.71. The van der Waals surface area contributed by atoms with Gasteiger partial charge in [-0.25, -0.2) is 0 Å². The fourth-order valence-electron chi connectivity index (χ4n) is 6.19. The molecule has 0 fully saturated rings. The fourth-order valence-corrected chi connectivity index (χ4v) is 6.19. The van der Waals surface area contributed by atoms with Crippen molar-refractivity contribution in [1.82, 2.24) is 0 Å². The molecule has 36 heavy (non-hydrogen) atoms. The average Bonchev–Trinajstić information content (AvgIpc) is 2.86. The maximum absolute atomic E-state index is 6.40. The highest BCUT2D eigenvalue weighted by molar-refractivity contribution is 4.97. The van der Waals surface area contributed by atoms with E-state index >= 15 is 0 Å². The number of hydrogen-bond acceptors (Lipinski definition) is 6. The van der Waals surface area contributed by atoms with Gasteiger partial charge in [0.15, 0.2) is 0 Å². The summed E-state index contributed by atoms with van der Waals surface area (Å²) in [6, 6.07) is 0. The fraction of sp³-hybridized carbons (Fsp3) is 1.00. The Balaban J connectivity index is 4.24. The normalized spacial score (nSPS) is 13.9. The number of nitrogens with two attached hydrogens (primary N) is 3. The van der Waals surface area contributed by atoms with Gasteiger partial charge in [0.1, 0.15) is 5.79 Å². The van der Waals surface area contributed by atoms with Crippen LogP contribution in [0.5, 0.6) is 0 Å². The molecule has 6 heteroatoms. The molecule has 0 aliphatic carbocycles. The first-order chi connectivity index (χ1) is 17.2. The number of ether oxygens (including phenoxy) is 3. The van der Waals surface area contributed by atoms with Crippen molar-refractivity contribution >= 4 is 0 Å². The molecule has 0 aromatic rings. The van der Waals surface area contributed by atoms with Gasteiger partial charge >= 0.3 is 0 Å². The molecular weight excluding hydrogens is 450 g/mol. The van der Waals surface area contributed by atoms with Gasteiger partial charge < -0.3 is 31.4 Å². The first-order valence-corrected chi connectivity index (χ1v) is 15.2. The third kappa shape index (κ3) is 13.0. The SMILES string of the molecule is CCCCCCCC(CCCCCCCCCCCCC(OC)(OC)OC)C(CC)(CC)C(N)(N)N. The molecule has 1 atom stereocenters. The van der Waals surface area contributed by atoms with E-state index in [2.05, 4.69) is 20.8 Å². The molecule has 0 amide bonds. The molecule has 0 radical (unpaired) electrons. The maximum Gasteiger partial charge on any atom is 0.282 e. The third-order valence-electron chi connectivity index (χ3n) is 8.78. The second kappa shape index (κ2) is 20.7. The Bertz CT molecular complexity index is 480. The largest absolute Gasteiger partial charge is 0.331 e. The molecule has 0 saturated carbocycles. The number of unbranched alkanes of at least 4 members (excludes halogenated alkanes) is 13. The molecule has 0 aliphatic rings. The lowest BCUT2D eigenvalue weighted by atomic mass is 9.63. The Kier molecular flexibility index (Phi) is 20.6. The zero-order valence-electron chi connectivity index (χ0n) is 25.2. The van der Waals surface area contributed by atoms with Crippen molar-refractivity contribution in [2.45, 2.75) is 161 Å². The highest BCUT2D eigenvalue weighted by Crippen LogP contribution is 2.45. The van der Waals surface area contributed by atoms with Crippen LogP contribution in [0, 0.1) is 11.3 Å². The monoisotopic (exact) mass is 516 g/mol. The van der Waals surface area contributed by atoms with E-state index in [-0.39, 0.29) is 5.41 Å². The highest BCUT2D eigenvalue weighted by atomic mass is 16.9. The predicted molar refractivity (Wildman–Crippen MR) is 154 cm³/mol. The summed E-state index contributed by atoms with van der Waals surface area (Å²) in [5.74, 6) is -1.47. The van der Waals surface area contributed by atoms with E-state index in [1.165, 1.54) is 103 Å². The Labute approximate surface area is 225 Å². The summed E-state index contributed by atoms with van der Waals surface area (Å²) in [4.78, 5) is 0. The Morgan fingerprint density at radius 1 is 0.528 bits per heavy atom. The van der Waals surface area contributed by atoms with E-state index in [1.54, 1.807) is 21.3 Å². The van der Waals surface area contributed by atoms with E-state index in [0.717, 1.165) is 25.7 Å². The van der Waals surface area contributed by atoms with Gasteiger partial charge in [0.2, 0.25) is 0 Å². The van der Waals surface area contributed by atoms with Gasteiger partial charge in [-0.05, 0) is 38.0 Å². The predicted octanol–water partition coefficient (Wildman–Crippen LogP) is 7.57. The van der Waals surface area contributed by atoms with Crippen molar-refractivity contribution in [2.75, 3.05) is 21.3 Å². The van der Waals surface area contributed by atoms with E-state index in [9.17, 15) is 0 Å². The number of hydrogen-bond donors (Lipinski definition) is 3. The van der Waals surface area contributed by atoms with E-state index in [4.69, 9.17) is 31.4 Å². The van der Waals surface area contributed by atoms with Crippen molar-refractivity contribution in [3.8, 4) is 0 Å². The minimum atomic E-state index is -1.11. The Morgan fingerprint density at radius 3 is 1.22 bits per heavy atom. The van der Waals surface area contributed by atoms with Crippen LogP contribution in [0.4, 0.5) is 0 Å². The molecule has 0 aliphatic heterocycles. The topological polar surface area (TPSA) is 106 Å². The van der Waals surface area contributed by atoms with Crippen LogP contribution < -0.4 is 17.2 Å². The summed E-state index contributed by atoms with van der Waals surface area (Å²) in [5.41, 5.74) is 19.0. The van der Waals surface area contributed by atoms with Gasteiger partial charge in [-0.1, -0.05) is 111 Å². The Morgan fingerprint density at radius 2 is 0.889 bits per heavy atom. The van der Waals surface area contributed by atoms with Gasteiger partial charge in [-0.3, -0.25) is 0 Å². The minimum absolute atomic E-state index is 0.173. The highest BCUT2D eigenvalue weighted by Gasteiger charge is 2.46. The molecule has 0 saturated heterocycles. The molecule has 0 aromatic carbocycles. The van der Waals surface area contributed by atoms with Gasteiger partial charge in [-0.15, -0.1) is 0 Å². The van der Waals surface area contributed by atoms with Crippen LogP contribution in [-0.2, 0) is 14.2 Å². The van der Waals surface area contributed by atoms with Crippen LogP contribution in [0.1, 0.15) is 149 Å². The van der Waals surface area contributed by atoms with Crippen LogP contribution >= 0.6 is 0 Å². The van der Waals surface area contributed by atoms with E-state index in [0.29, 0.717) is 5.92 Å². The van der Waals surface area contributed by atoms with Crippen molar-refractivity contribution in [3.63, 3.8) is 0 Å². The Hall–Kier alpha value is -0.240. The smallest absolute Gasteiger partial charge is 0.282 e. The quantitative estimate of drug-likeness (QED) is 0.0810. The zero-order chi connectivity index (χ0) is 27.3. The van der Waals surface area contributed by atoms with Crippen molar-refractivity contribution in [2.24, 2.45) is 28.5 Å². The summed E-state index contributed by atoms with van der Waals surface area (Å²) in [7, 11) is 4.90. The first-order valence-electron chi connectivity index (χ1n) is 15.2. The van der Waals surface area contributed by atoms with Crippen LogP contribution in [0.15, 0.2) is 0 Å². The summed E-state index contributed by atoms with van der Waals surface area (Å²) < 4.78 is 16.1. The van der Waals surface area contributed by atoms with E-state index < -0.39 is 11.8 Å². The molecule has 1 unspecified atom stereocenters. The van der Waals surface area contributed by atoms with Crippen molar-refractivity contribution in [1.29, 1.82) is 0 Å². The van der Waals surface area contributed by atoms with Crippen molar-refractivity contribution < 1.29 is 14.2 Å². The van der Waals surface area contributed by atoms with Gasteiger partial charge in [0.05, 0.1) is 0 Å². The van der Waals surface area contributed by atoms with Crippen LogP contribution in [0.25, 0.3) is 0 Å². The second-order valence-electron chi connectivity index (χ2n) is 11.1. The van der Waals surface area contributed by atoms with Crippen LogP contribution in [-0.4, -0.2) is 33.1 Å². The van der Waals surface area contributed by atoms with Gasteiger partial charge in [0, 0.05) is 33.2 Å². The summed E-state index contributed by atoms with van der Waals surface area (Å²) in [5, 5.41) is 0. The number of methoxy groups -OCH3 is 3. The zero-order valence-corrected chi connectivity index (χ0v) is 25.2. The lowest BCUT2D eigenvalue weighted by molar-refractivity contribution is -0.355. The summed E-state index contributed by atoms with van der Waals surface area (Å²) in [6.07, 6.45) is 24.3. The standard InChI is InChI=1S/C30H65N3O3/c1-7-10-11-18-21-24-27(28(8-2,9-3)30(31,32)33)25-22-19-16-14-12-13-15-17-20-23-26-29(34-4,35-5)36-6/h27H,7-26,31-33H2,1-6H3. The molecule has 0 heterocycles. The molecular formula is C30H65N3O3. The van der Waals surface area contributed by atoms with Crippen molar-refractivity contribution in [3.05, 3.63) is 0 Å². The molecule has 6 N–H and O–H groups in total. The number of rotatable bonds is 26. The minimum Gasteiger partial charge on any atom is -0.331 e. The summed E-state index contributed by atoms with van der Waals surface area (Å²) >= 11 is 0. The average molecular weight is 516 g/mol. The van der Waals surface area contributed by atoms with Gasteiger partial charge in [-0.2, -0.15) is 0 Å².